The molecule has 2 rings (SSSR count). The highest BCUT2D eigenvalue weighted by molar-refractivity contribution is 5.95. The Kier molecular flexibility index (Phi) is 5.16. The number of para-hydroxylation sites is 1. The molecule has 0 aliphatic carbocycles. The summed E-state index contributed by atoms with van der Waals surface area (Å²) in [6, 6.07) is 15.0. The van der Waals surface area contributed by atoms with E-state index in [2.05, 4.69) is 31.3 Å². The molecule has 0 fully saturated rings. The van der Waals surface area contributed by atoms with E-state index in [1.54, 1.807) is 13.3 Å². The van der Waals surface area contributed by atoms with Crippen LogP contribution in [0.3, 0.4) is 0 Å². The van der Waals surface area contributed by atoms with Crippen molar-refractivity contribution in [1.29, 1.82) is 0 Å². The normalized spacial score (nSPS) is 11.5. The van der Waals surface area contributed by atoms with Gasteiger partial charge >= 0.3 is 0 Å². The van der Waals surface area contributed by atoms with Crippen LogP contribution in [0.15, 0.2) is 53.6 Å². The Balaban J connectivity index is 2.03. The van der Waals surface area contributed by atoms with Crippen LogP contribution in [0.5, 0.6) is 5.75 Å². The van der Waals surface area contributed by atoms with E-state index in [4.69, 9.17) is 4.74 Å². The second-order valence-electron chi connectivity index (χ2n) is 6.27. The average molecular weight is 310 g/mol. The van der Waals surface area contributed by atoms with E-state index in [1.165, 1.54) is 5.56 Å². The van der Waals surface area contributed by atoms with Crippen LogP contribution in [0.1, 0.15) is 42.3 Å². The predicted octanol–water partition coefficient (Wildman–Crippen LogP) is 3.76. The number of hydrazone groups is 1. The van der Waals surface area contributed by atoms with E-state index in [9.17, 15) is 4.79 Å². The zero-order chi connectivity index (χ0) is 16.9. The van der Waals surface area contributed by atoms with Crippen molar-refractivity contribution in [2.45, 2.75) is 26.2 Å². The Morgan fingerprint density at radius 1 is 1.09 bits per heavy atom. The van der Waals surface area contributed by atoms with E-state index in [1.807, 2.05) is 48.5 Å². The lowest BCUT2D eigenvalue weighted by Crippen LogP contribution is -2.18. The molecule has 2 aromatic carbocycles. The SMILES string of the molecule is COc1ccccc1/C=N/NC(=O)c1ccc(C(C)(C)C)cc1. The molecule has 0 heterocycles. The van der Waals surface area contributed by atoms with E-state index in [0.29, 0.717) is 11.3 Å². The summed E-state index contributed by atoms with van der Waals surface area (Å²) >= 11 is 0. The van der Waals surface area contributed by atoms with Crippen molar-refractivity contribution in [3.8, 4) is 5.75 Å². The van der Waals surface area contributed by atoms with E-state index in [-0.39, 0.29) is 11.3 Å². The quantitative estimate of drug-likeness (QED) is 0.690. The summed E-state index contributed by atoms with van der Waals surface area (Å²) in [7, 11) is 1.60. The number of nitrogens with zero attached hydrogens (tertiary/aromatic N) is 1. The highest BCUT2D eigenvalue weighted by atomic mass is 16.5. The third kappa shape index (κ3) is 4.42. The fourth-order valence-corrected chi connectivity index (χ4v) is 2.12. The van der Waals surface area contributed by atoms with Crippen LogP contribution in [0, 0.1) is 0 Å². The Morgan fingerprint density at radius 3 is 2.35 bits per heavy atom. The zero-order valence-corrected chi connectivity index (χ0v) is 14.0. The maximum absolute atomic E-state index is 12.1. The predicted molar refractivity (Wildman–Crippen MR) is 93.2 cm³/mol. The summed E-state index contributed by atoms with van der Waals surface area (Å²) in [5.41, 5.74) is 5.17. The minimum absolute atomic E-state index is 0.0665. The van der Waals surface area contributed by atoms with E-state index in [0.717, 1.165) is 5.56 Å². The number of hydrogen-bond donors (Lipinski definition) is 1. The largest absolute Gasteiger partial charge is 0.496 e. The zero-order valence-electron chi connectivity index (χ0n) is 14.0. The molecule has 1 N–H and O–H groups in total. The van der Waals surface area contributed by atoms with Crippen molar-refractivity contribution in [3.05, 3.63) is 65.2 Å². The van der Waals surface area contributed by atoms with Gasteiger partial charge in [-0.2, -0.15) is 5.10 Å². The summed E-state index contributed by atoms with van der Waals surface area (Å²) in [5, 5.41) is 3.99. The van der Waals surface area contributed by atoms with Crippen LogP contribution in [0.2, 0.25) is 0 Å². The number of rotatable bonds is 4. The third-order valence-electron chi connectivity index (χ3n) is 3.52. The van der Waals surface area contributed by atoms with Crippen LogP contribution < -0.4 is 10.2 Å². The molecule has 2 aromatic rings. The molecular weight excluding hydrogens is 288 g/mol. The van der Waals surface area contributed by atoms with Crippen LogP contribution in [0.4, 0.5) is 0 Å². The van der Waals surface area contributed by atoms with Crippen LogP contribution >= 0.6 is 0 Å². The summed E-state index contributed by atoms with van der Waals surface area (Å²) in [6.45, 7) is 6.42. The van der Waals surface area contributed by atoms with Gasteiger partial charge < -0.3 is 4.74 Å². The molecule has 0 atom stereocenters. The van der Waals surface area contributed by atoms with Crippen molar-refractivity contribution in [2.75, 3.05) is 7.11 Å². The number of carbonyl (C=O) groups is 1. The van der Waals surface area contributed by atoms with Gasteiger partial charge in [-0.1, -0.05) is 45.0 Å². The van der Waals surface area contributed by atoms with Crippen molar-refractivity contribution in [3.63, 3.8) is 0 Å². The molecule has 0 radical (unpaired) electrons. The molecule has 0 spiro atoms. The topological polar surface area (TPSA) is 50.7 Å². The summed E-state index contributed by atoms with van der Waals surface area (Å²) in [5.74, 6) is 0.469. The van der Waals surface area contributed by atoms with Gasteiger partial charge in [0.25, 0.3) is 5.91 Å². The number of methoxy groups -OCH3 is 1. The van der Waals surface area contributed by atoms with Crippen molar-refractivity contribution >= 4 is 12.1 Å². The first-order valence-corrected chi connectivity index (χ1v) is 7.49. The summed E-state index contributed by atoms with van der Waals surface area (Å²) in [6.07, 6.45) is 1.57. The van der Waals surface area contributed by atoms with Gasteiger partial charge in [0, 0.05) is 11.1 Å². The second kappa shape index (κ2) is 7.09. The lowest BCUT2D eigenvalue weighted by molar-refractivity contribution is 0.0955. The first-order valence-electron chi connectivity index (χ1n) is 7.49. The number of ether oxygens (including phenoxy) is 1. The van der Waals surface area contributed by atoms with Gasteiger partial charge in [0.1, 0.15) is 5.75 Å². The molecule has 0 aliphatic rings. The highest BCUT2D eigenvalue weighted by Gasteiger charge is 2.14. The van der Waals surface area contributed by atoms with E-state index >= 15 is 0 Å². The minimum Gasteiger partial charge on any atom is -0.496 e. The smallest absolute Gasteiger partial charge is 0.271 e. The number of hydrogen-bond acceptors (Lipinski definition) is 3. The fraction of sp³-hybridized carbons (Fsp3) is 0.263. The van der Waals surface area contributed by atoms with E-state index < -0.39 is 0 Å². The molecule has 4 heteroatoms. The number of nitrogens with one attached hydrogen (secondary N) is 1. The van der Waals surface area contributed by atoms with Crippen LogP contribution in [-0.2, 0) is 5.41 Å². The van der Waals surface area contributed by atoms with Gasteiger partial charge in [-0.3, -0.25) is 4.79 Å². The molecule has 0 saturated carbocycles. The lowest BCUT2D eigenvalue weighted by Gasteiger charge is -2.18. The maximum atomic E-state index is 12.1. The average Bonchev–Trinajstić information content (AvgIpc) is 2.54. The first-order chi connectivity index (χ1) is 10.9. The van der Waals surface area contributed by atoms with Crippen molar-refractivity contribution in [1.82, 2.24) is 5.43 Å². The maximum Gasteiger partial charge on any atom is 0.271 e. The molecule has 120 valence electrons. The molecule has 0 unspecified atom stereocenters. The Labute approximate surface area is 137 Å². The summed E-state index contributed by atoms with van der Waals surface area (Å²) < 4.78 is 5.23. The highest BCUT2D eigenvalue weighted by Crippen LogP contribution is 2.22. The standard InChI is InChI=1S/C19H22N2O2/c1-19(2,3)16-11-9-14(10-12-16)18(22)21-20-13-15-7-5-6-8-17(15)23-4/h5-13H,1-4H3,(H,21,22)/b20-13+. The number of benzene rings is 2. The minimum atomic E-state index is -0.239. The van der Waals surface area contributed by atoms with Crippen molar-refractivity contribution in [2.24, 2.45) is 5.10 Å². The lowest BCUT2D eigenvalue weighted by atomic mass is 9.87. The van der Waals surface area contributed by atoms with Gasteiger partial charge in [-0.05, 0) is 35.2 Å². The molecule has 4 nitrogen and oxygen atoms in total. The van der Waals surface area contributed by atoms with Gasteiger partial charge in [0.15, 0.2) is 0 Å². The monoisotopic (exact) mass is 310 g/mol. The molecule has 0 aromatic heterocycles. The Bertz CT molecular complexity index is 698. The van der Waals surface area contributed by atoms with Gasteiger partial charge in [0.05, 0.1) is 13.3 Å². The van der Waals surface area contributed by atoms with Gasteiger partial charge in [-0.25, -0.2) is 5.43 Å². The Morgan fingerprint density at radius 2 is 1.74 bits per heavy atom. The van der Waals surface area contributed by atoms with Crippen LogP contribution in [0.25, 0.3) is 0 Å². The van der Waals surface area contributed by atoms with Crippen molar-refractivity contribution < 1.29 is 9.53 Å². The molecule has 0 saturated heterocycles. The van der Waals surface area contributed by atoms with Crippen LogP contribution in [-0.4, -0.2) is 19.2 Å². The molecule has 0 aliphatic heterocycles. The molecule has 23 heavy (non-hydrogen) atoms. The first kappa shape index (κ1) is 16.7. The van der Waals surface area contributed by atoms with Gasteiger partial charge in [-0.15, -0.1) is 0 Å². The van der Waals surface area contributed by atoms with Gasteiger partial charge in [0.2, 0.25) is 0 Å². The molecule has 1 amide bonds. The number of amides is 1. The second-order valence-corrected chi connectivity index (χ2v) is 6.27. The molecular formula is C19H22N2O2. The molecule has 0 bridgehead atoms. The summed E-state index contributed by atoms with van der Waals surface area (Å²) in [4.78, 5) is 12.1. The third-order valence-corrected chi connectivity index (χ3v) is 3.52. The number of carbonyl (C=O) groups excluding carboxylic acids is 1. The Hall–Kier alpha value is -2.62. The fourth-order valence-electron chi connectivity index (χ4n) is 2.12.